The summed E-state index contributed by atoms with van der Waals surface area (Å²) >= 11 is 0. The van der Waals surface area contributed by atoms with Gasteiger partial charge in [-0.15, -0.1) is 0 Å². The highest BCUT2D eigenvalue weighted by molar-refractivity contribution is 6.06. The predicted octanol–water partition coefficient (Wildman–Crippen LogP) is 23.0. The Balaban J connectivity index is 0.000000105. The highest BCUT2D eigenvalue weighted by Gasteiger charge is 2.09. The Morgan fingerprint density at radius 2 is 0.375 bits per heavy atom. The third-order valence-electron chi connectivity index (χ3n) is 17.0. The first-order chi connectivity index (χ1) is 38.8. The van der Waals surface area contributed by atoms with E-state index in [-0.39, 0.29) is 0 Å². The van der Waals surface area contributed by atoms with Crippen molar-refractivity contribution in [3.05, 3.63) is 298 Å². The highest BCUT2D eigenvalue weighted by Crippen LogP contribution is 2.33. The lowest BCUT2D eigenvalue weighted by atomic mass is 9.93. The van der Waals surface area contributed by atoms with Crippen LogP contribution in [0.5, 0.6) is 0 Å². The second-order valence-electron chi connectivity index (χ2n) is 22.1. The van der Waals surface area contributed by atoms with Crippen LogP contribution < -0.4 is 0 Å². The average Bonchev–Trinajstić information content (AvgIpc) is 3.68. The minimum Gasteiger partial charge on any atom is -0.0616 e. The van der Waals surface area contributed by atoms with Crippen LogP contribution in [-0.2, 0) is 0 Å². The number of benzene rings is 15. The van der Waals surface area contributed by atoms with Crippen LogP contribution in [-0.4, -0.2) is 0 Å². The lowest BCUT2D eigenvalue weighted by Crippen LogP contribution is -1.87. The fraction of sp³-hybridized carbons (Fsp3) is 0.125. The zero-order valence-electron chi connectivity index (χ0n) is 48.1. The van der Waals surface area contributed by atoms with Crippen molar-refractivity contribution in [3.8, 4) is 0 Å². The number of fused-ring (bicyclic) bond motifs is 10. The molecule has 390 valence electrons. The van der Waals surface area contributed by atoms with Crippen molar-refractivity contribution >= 4 is 108 Å². The van der Waals surface area contributed by atoms with Crippen molar-refractivity contribution in [3.63, 3.8) is 0 Å². The molecule has 0 unspecified atom stereocenters. The molecule has 15 aromatic rings. The van der Waals surface area contributed by atoms with Gasteiger partial charge in [0.2, 0.25) is 0 Å². The van der Waals surface area contributed by atoms with Crippen LogP contribution in [0.25, 0.3) is 108 Å². The van der Waals surface area contributed by atoms with E-state index >= 15 is 0 Å². The number of hydrogen-bond donors (Lipinski definition) is 0. The zero-order chi connectivity index (χ0) is 55.6. The van der Waals surface area contributed by atoms with Gasteiger partial charge >= 0.3 is 0 Å². The Morgan fingerprint density at radius 3 is 0.675 bits per heavy atom. The van der Waals surface area contributed by atoms with Gasteiger partial charge in [-0.25, -0.2) is 0 Å². The third-order valence-corrected chi connectivity index (χ3v) is 17.0. The van der Waals surface area contributed by atoms with E-state index in [4.69, 9.17) is 0 Å². The van der Waals surface area contributed by atoms with Gasteiger partial charge < -0.3 is 0 Å². The first kappa shape index (κ1) is 52.9. The standard InChI is InChI=1S/5C16H14/c1-11-13-7-3-5-9-15(13)12(2)16-10-6-4-8-14(11)16;1-11-7-15-9-13-5-3-4-6-14(13)10-16(15)8-12(11)2;2*1-11-7-8-15-9-13-5-3-4-6-14(13)10-16(15)12(11)2;1-11-7-8-12(2)16-10-14-6-4-3-5-13(14)9-15(11)16/h5*3-10H,1-2H3. The van der Waals surface area contributed by atoms with Crippen molar-refractivity contribution in [1.82, 2.24) is 0 Å². The van der Waals surface area contributed by atoms with Gasteiger partial charge in [-0.2, -0.15) is 0 Å². The van der Waals surface area contributed by atoms with Gasteiger partial charge in [0.15, 0.2) is 0 Å². The second-order valence-corrected chi connectivity index (χ2v) is 22.1. The summed E-state index contributed by atoms with van der Waals surface area (Å²) in [6, 6.07) is 87.5. The molecule has 0 amide bonds. The minimum absolute atomic E-state index is 1.32. The summed E-state index contributed by atoms with van der Waals surface area (Å²) in [5.74, 6) is 0. The summed E-state index contributed by atoms with van der Waals surface area (Å²) in [4.78, 5) is 0. The Morgan fingerprint density at radius 1 is 0.138 bits per heavy atom. The molecule has 0 radical (unpaired) electrons. The van der Waals surface area contributed by atoms with Crippen molar-refractivity contribution in [2.24, 2.45) is 0 Å². The maximum absolute atomic E-state index is 2.30. The SMILES string of the molecule is Cc1c2ccccc2c(C)c2ccccc12.Cc1cc2cc3ccccc3cc2cc1C.Cc1ccc(C)c2cc3ccccc3cc12.Cc1ccc2cc3ccccc3cc2c1C.Cc1ccc2cc3ccccc3cc2c1C. The van der Waals surface area contributed by atoms with Crippen molar-refractivity contribution in [1.29, 1.82) is 0 Å². The Kier molecular flexibility index (Phi) is 15.0. The summed E-state index contributed by atoms with van der Waals surface area (Å²) < 4.78 is 0. The smallest absolute Gasteiger partial charge is 0.0146 e. The Bertz CT molecular complexity index is 4390. The molecule has 0 bridgehead atoms. The van der Waals surface area contributed by atoms with E-state index in [0.717, 1.165) is 0 Å². The van der Waals surface area contributed by atoms with Gasteiger partial charge in [0.25, 0.3) is 0 Å². The van der Waals surface area contributed by atoms with E-state index < -0.39 is 0 Å². The van der Waals surface area contributed by atoms with Crippen LogP contribution in [0.15, 0.2) is 243 Å². The molecule has 15 aromatic carbocycles. The molecule has 0 nitrogen and oxygen atoms in total. The molecular weight excluding hydrogens is 961 g/mol. The summed E-state index contributed by atoms with van der Waals surface area (Å²) in [7, 11) is 0. The Labute approximate surface area is 472 Å². The molecule has 0 heterocycles. The molecule has 0 aromatic heterocycles. The number of hydrogen-bond acceptors (Lipinski definition) is 0. The molecular formula is C80H70. The van der Waals surface area contributed by atoms with Gasteiger partial charge in [0.1, 0.15) is 0 Å². The van der Waals surface area contributed by atoms with Gasteiger partial charge in [-0.3, -0.25) is 0 Å². The van der Waals surface area contributed by atoms with E-state index in [0.29, 0.717) is 0 Å². The average molecular weight is 1030 g/mol. The van der Waals surface area contributed by atoms with E-state index in [9.17, 15) is 0 Å². The van der Waals surface area contributed by atoms with E-state index in [2.05, 4.69) is 312 Å². The monoisotopic (exact) mass is 1030 g/mol. The largest absolute Gasteiger partial charge is 0.0616 e. The Hall–Kier alpha value is -9.10. The molecule has 0 aliphatic carbocycles. The normalized spacial score (nSPS) is 11.1. The molecule has 0 saturated carbocycles. The number of aryl methyl sites for hydroxylation is 10. The molecule has 0 N–H and O–H groups in total. The molecule has 0 spiro atoms. The second kappa shape index (κ2) is 22.7. The van der Waals surface area contributed by atoms with Gasteiger partial charge in [0.05, 0.1) is 0 Å². The van der Waals surface area contributed by atoms with Crippen LogP contribution >= 0.6 is 0 Å². The third kappa shape index (κ3) is 10.7. The van der Waals surface area contributed by atoms with Crippen LogP contribution in [0, 0.1) is 69.2 Å². The van der Waals surface area contributed by atoms with E-state index in [1.54, 1.807) is 0 Å². The molecule has 0 fully saturated rings. The first-order valence-electron chi connectivity index (χ1n) is 28.2. The molecule has 0 aliphatic rings. The first-order valence-corrected chi connectivity index (χ1v) is 28.2. The van der Waals surface area contributed by atoms with Crippen molar-refractivity contribution in [2.75, 3.05) is 0 Å². The lowest BCUT2D eigenvalue weighted by molar-refractivity contribution is 1.37. The molecule has 15 rings (SSSR count). The van der Waals surface area contributed by atoms with Gasteiger partial charge in [-0.05, 0) is 281 Å². The summed E-state index contributed by atoms with van der Waals surface area (Å²) in [5.41, 5.74) is 13.7. The van der Waals surface area contributed by atoms with E-state index in [1.807, 2.05) is 0 Å². The van der Waals surface area contributed by atoms with Gasteiger partial charge in [0, 0.05) is 0 Å². The zero-order valence-corrected chi connectivity index (χ0v) is 48.1. The molecule has 80 heavy (non-hydrogen) atoms. The molecule has 0 heteroatoms. The fourth-order valence-electron chi connectivity index (χ4n) is 11.7. The topological polar surface area (TPSA) is 0 Å². The van der Waals surface area contributed by atoms with E-state index in [1.165, 1.54) is 163 Å². The minimum atomic E-state index is 1.32. The number of rotatable bonds is 0. The molecule has 0 saturated heterocycles. The summed E-state index contributed by atoms with van der Waals surface area (Å²) in [5, 5.41) is 26.9. The fourth-order valence-corrected chi connectivity index (χ4v) is 11.7. The van der Waals surface area contributed by atoms with Crippen molar-refractivity contribution in [2.45, 2.75) is 69.2 Å². The molecule has 0 aliphatic heterocycles. The summed E-state index contributed by atoms with van der Waals surface area (Å²) in [6.07, 6.45) is 0. The van der Waals surface area contributed by atoms with Gasteiger partial charge in [-0.1, -0.05) is 194 Å². The summed E-state index contributed by atoms with van der Waals surface area (Å²) in [6.45, 7) is 21.9. The van der Waals surface area contributed by atoms with Crippen LogP contribution in [0.1, 0.15) is 55.6 Å². The van der Waals surface area contributed by atoms with Crippen molar-refractivity contribution < 1.29 is 0 Å². The molecule has 0 atom stereocenters. The predicted molar refractivity (Wildman–Crippen MR) is 355 cm³/mol. The van der Waals surface area contributed by atoms with Crippen LogP contribution in [0.2, 0.25) is 0 Å². The maximum atomic E-state index is 2.30. The quantitative estimate of drug-likeness (QED) is 0.133. The highest BCUT2D eigenvalue weighted by atomic mass is 14.1. The maximum Gasteiger partial charge on any atom is -0.0146 e. The lowest BCUT2D eigenvalue weighted by Gasteiger charge is -2.11. The van der Waals surface area contributed by atoms with Crippen LogP contribution in [0.3, 0.4) is 0 Å². The van der Waals surface area contributed by atoms with Crippen LogP contribution in [0.4, 0.5) is 0 Å².